The van der Waals surface area contributed by atoms with Gasteiger partial charge in [-0.2, -0.15) is 13.2 Å². The first-order valence-corrected chi connectivity index (χ1v) is 4.68. The topological polar surface area (TPSA) is 46.5 Å². The summed E-state index contributed by atoms with van der Waals surface area (Å²) in [7, 11) is 1.17. The molecule has 3 nitrogen and oxygen atoms in total. The van der Waals surface area contributed by atoms with Crippen molar-refractivity contribution in [1.29, 1.82) is 0 Å². The monoisotopic (exact) mass is 248 g/mol. The number of carbonyl (C=O) groups is 1. The second-order valence-corrected chi connectivity index (χ2v) is 3.64. The predicted octanol–water partition coefficient (Wildman–Crippen LogP) is 2.24. The Morgan fingerprint density at radius 1 is 1.24 bits per heavy atom. The summed E-state index contributed by atoms with van der Waals surface area (Å²) >= 11 is 0. The first-order valence-electron chi connectivity index (χ1n) is 4.68. The number of hydrogen-bond donors (Lipinski definition) is 1. The Balaban J connectivity index is 3.07. The van der Waals surface area contributed by atoms with Crippen LogP contribution in [0.15, 0.2) is 24.3 Å². The fourth-order valence-electron chi connectivity index (χ4n) is 1.21. The van der Waals surface area contributed by atoms with Gasteiger partial charge >= 0.3 is 12.1 Å². The van der Waals surface area contributed by atoms with Crippen molar-refractivity contribution in [3.05, 3.63) is 35.4 Å². The van der Waals surface area contributed by atoms with Crippen molar-refractivity contribution in [2.24, 2.45) is 0 Å². The van der Waals surface area contributed by atoms with Gasteiger partial charge in [0.15, 0.2) is 5.60 Å². The van der Waals surface area contributed by atoms with Crippen molar-refractivity contribution in [3.8, 4) is 0 Å². The summed E-state index contributed by atoms with van der Waals surface area (Å²) in [5, 5.41) is 9.37. The normalized spacial score (nSPS) is 15.2. The van der Waals surface area contributed by atoms with Gasteiger partial charge in [-0.1, -0.05) is 12.1 Å². The molecule has 0 heterocycles. The van der Waals surface area contributed by atoms with Crippen LogP contribution in [0.5, 0.6) is 0 Å². The van der Waals surface area contributed by atoms with E-state index < -0.39 is 17.7 Å². The molecule has 0 aromatic heterocycles. The number of hydrogen-bond acceptors (Lipinski definition) is 3. The minimum absolute atomic E-state index is 0.120. The van der Waals surface area contributed by atoms with Crippen molar-refractivity contribution in [2.75, 3.05) is 7.11 Å². The van der Waals surface area contributed by atoms with Crippen LogP contribution in [0.4, 0.5) is 13.2 Å². The highest BCUT2D eigenvalue weighted by molar-refractivity contribution is 5.89. The van der Waals surface area contributed by atoms with Gasteiger partial charge in [0.1, 0.15) is 0 Å². The highest BCUT2D eigenvalue weighted by Gasteiger charge is 2.51. The molecule has 0 aliphatic heterocycles. The summed E-state index contributed by atoms with van der Waals surface area (Å²) in [5.74, 6) is -0.650. The molecular formula is C11H11F3O3. The predicted molar refractivity (Wildman–Crippen MR) is 53.4 cm³/mol. The van der Waals surface area contributed by atoms with Crippen LogP contribution in [0.1, 0.15) is 22.8 Å². The summed E-state index contributed by atoms with van der Waals surface area (Å²) in [6.07, 6.45) is -4.78. The number of halogens is 3. The molecule has 1 aromatic carbocycles. The lowest BCUT2D eigenvalue weighted by molar-refractivity contribution is -0.258. The molecule has 0 saturated carbocycles. The van der Waals surface area contributed by atoms with Crippen molar-refractivity contribution >= 4 is 5.97 Å². The number of benzene rings is 1. The highest BCUT2D eigenvalue weighted by atomic mass is 19.4. The maximum Gasteiger partial charge on any atom is 0.421 e. The Hall–Kier alpha value is -1.56. The van der Waals surface area contributed by atoms with Crippen molar-refractivity contribution in [1.82, 2.24) is 0 Å². The van der Waals surface area contributed by atoms with E-state index in [4.69, 9.17) is 0 Å². The van der Waals surface area contributed by atoms with Gasteiger partial charge in [0.2, 0.25) is 0 Å². The third-order valence-corrected chi connectivity index (χ3v) is 2.42. The SMILES string of the molecule is COC(=O)c1ccc([C@](C)(O)C(F)(F)F)cc1. The standard InChI is InChI=1S/C11H11F3O3/c1-10(16,11(12,13)14)8-5-3-7(4-6-8)9(15)17-2/h3-6,16H,1-2H3/t10-/m0/s1. The largest absolute Gasteiger partial charge is 0.465 e. The Morgan fingerprint density at radius 3 is 2.06 bits per heavy atom. The number of rotatable bonds is 2. The van der Waals surface area contributed by atoms with E-state index in [0.717, 1.165) is 12.1 Å². The number of esters is 1. The molecule has 1 rings (SSSR count). The summed E-state index contributed by atoms with van der Waals surface area (Å²) in [6.45, 7) is 0.653. The Morgan fingerprint density at radius 2 is 1.71 bits per heavy atom. The Labute approximate surface area is 95.8 Å². The molecule has 6 heteroatoms. The molecule has 1 N–H and O–H groups in total. The van der Waals surface area contributed by atoms with E-state index in [2.05, 4.69) is 4.74 Å². The molecule has 0 amide bonds. The number of alkyl halides is 3. The smallest absolute Gasteiger partial charge is 0.421 e. The Kier molecular flexibility index (Phi) is 3.47. The molecule has 0 spiro atoms. The van der Waals surface area contributed by atoms with E-state index in [1.807, 2.05) is 0 Å². The van der Waals surface area contributed by atoms with E-state index >= 15 is 0 Å². The Bertz CT molecular complexity index is 407. The zero-order valence-corrected chi connectivity index (χ0v) is 9.21. The third kappa shape index (κ3) is 2.58. The zero-order valence-electron chi connectivity index (χ0n) is 9.21. The molecule has 1 atom stereocenters. The average Bonchev–Trinajstić information content (AvgIpc) is 2.26. The molecule has 94 valence electrons. The quantitative estimate of drug-likeness (QED) is 0.816. The molecule has 0 aliphatic carbocycles. The molecule has 0 bridgehead atoms. The van der Waals surface area contributed by atoms with Gasteiger partial charge < -0.3 is 9.84 Å². The van der Waals surface area contributed by atoms with Crippen molar-refractivity contribution in [3.63, 3.8) is 0 Å². The lowest BCUT2D eigenvalue weighted by atomic mass is 9.94. The first kappa shape index (κ1) is 13.5. The summed E-state index contributed by atoms with van der Waals surface area (Å²) in [6, 6.07) is 4.42. The molecule has 0 fully saturated rings. The van der Waals surface area contributed by atoms with Crippen LogP contribution in [0, 0.1) is 0 Å². The fourth-order valence-corrected chi connectivity index (χ4v) is 1.21. The summed E-state index contributed by atoms with van der Waals surface area (Å²) in [5.41, 5.74) is -3.16. The third-order valence-electron chi connectivity index (χ3n) is 2.42. The molecule has 0 aliphatic rings. The molecule has 0 unspecified atom stereocenters. The van der Waals surface area contributed by atoms with Crippen LogP contribution < -0.4 is 0 Å². The second kappa shape index (κ2) is 4.37. The second-order valence-electron chi connectivity index (χ2n) is 3.64. The number of methoxy groups -OCH3 is 1. The maximum absolute atomic E-state index is 12.5. The van der Waals surface area contributed by atoms with E-state index in [0.29, 0.717) is 6.92 Å². The van der Waals surface area contributed by atoms with Crippen LogP contribution in [-0.2, 0) is 10.3 Å². The first-order chi connectivity index (χ1) is 7.70. The maximum atomic E-state index is 12.5. The van der Waals surface area contributed by atoms with E-state index in [-0.39, 0.29) is 11.1 Å². The minimum atomic E-state index is -4.78. The lowest BCUT2D eigenvalue weighted by Crippen LogP contribution is -2.39. The number of carbonyl (C=O) groups excluding carboxylic acids is 1. The van der Waals surface area contributed by atoms with E-state index in [1.165, 1.54) is 19.2 Å². The van der Waals surface area contributed by atoms with Gasteiger partial charge in [-0.25, -0.2) is 4.79 Å². The molecule has 0 saturated heterocycles. The van der Waals surface area contributed by atoms with Crippen LogP contribution in [0.2, 0.25) is 0 Å². The minimum Gasteiger partial charge on any atom is -0.465 e. The molecule has 1 aromatic rings. The van der Waals surface area contributed by atoms with E-state index in [1.54, 1.807) is 0 Å². The van der Waals surface area contributed by atoms with Gasteiger partial charge in [-0.3, -0.25) is 0 Å². The van der Waals surface area contributed by atoms with Crippen LogP contribution in [0.25, 0.3) is 0 Å². The van der Waals surface area contributed by atoms with E-state index in [9.17, 15) is 23.1 Å². The molecular weight excluding hydrogens is 237 g/mol. The summed E-state index contributed by atoms with van der Waals surface area (Å²) < 4.78 is 41.9. The van der Waals surface area contributed by atoms with Crippen molar-refractivity contribution in [2.45, 2.75) is 18.7 Å². The van der Waals surface area contributed by atoms with Crippen molar-refractivity contribution < 1.29 is 27.8 Å². The van der Waals surface area contributed by atoms with Crippen LogP contribution in [-0.4, -0.2) is 24.4 Å². The molecule has 17 heavy (non-hydrogen) atoms. The molecule has 0 radical (unpaired) electrons. The van der Waals surface area contributed by atoms with Gasteiger partial charge in [-0.05, 0) is 24.6 Å². The van der Waals surface area contributed by atoms with Crippen LogP contribution in [0.3, 0.4) is 0 Å². The van der Waals surface area contributed by atoms with Gasteiger partial charge in [-0.15, -0.1) is 0 Å². The lowest BCUT2D eigenvalue weighted by Gasteiger charge is -2.26. The van der Waals surface area contributed by atoms with Gasteiger partial charge in [0.05, 0.1) is 12.7 Å². The highest BCUT2D eigenvalue weighted by Crippen LogP contribution is 2.38. The van der Waals surface area contributed by atoms with Crippen LogP contribution >= 0.6 is 0 Å². The number of ether oxygens (including phenoxy) is 1. The van der Waals surface area contributed by atoms with Gasteiger partial charge in [0, 0.05) is 0 Å². The summed E-state index contributed by atoms with van der Waals surface area (Å²) in [4.78, 5) is 11.1. The zero-order chi connectivity index (χ0) is 13.3. The number of aliphatic hydroxyl groups is 1. The van der Waals surface area contributed by atoms with Gasteiger partial charge in [0.25, 0.3) is 0 Å². The average molecular weight is 248 g/mol. The fraction of sp³-hybridized carbons (Fsp3) is 0.364.